The number of hydrogen-bond donors (Lipinski definition) is 0. The summed E-state index contributed by atoms with van der Waals surface area (Å²) in [4.78, 5) is 11.9. The van der Waals surface area contributed by atoms with Gasteiger partial charge in [0.15, 0.2) is 0 Å². The Hall–Kier alpha value is -0.570. The molecule has 1 atom stereocenters. The average molecular weight is 230 g/mol. The first-order valence-corrected chi connectivity index (χ1v) is 6.17. The van der Waals surface area contributed by atoms with Crippen LogP contribution in [-0.4, -0.2) is 25.8 Å². The van der Waals surface area contributed by atoms with Crippen LogP contribution in [0.5, 0.6) is 0 Å². The Morgan fingerprint density at radius 2 is 1.88 bits per heavy atom. The van der Waals surface area contributed by atoms with E-state index in [1.807, 2.05) is 27.7 Å². The minimum absolute atomic E-state index is 0.113. The fraction of sp³-hybridized carbons (Fsp3) is 0.923. The van der Waals surface area contributed by atoms with E-state index in [-0.39, 0.29) is 17.3 Å². The maximum atomic E-state index is 11.9. The van der Waals surface area contributed by atoms with Gasteiger partial charge in [-0.1, -0.05) is 34.1 Å². The zero-order valence-corrected chi connectivity index (χ0v) is 11.3. The van der Waals surface area contributed by atoms with Gasteiger partial charge >= 0.3 is 5.97 Å². The quantitative estimate of drug-likeness (QED) is 0.498. The molecule has 3 nitrogen and oxygen atoms in total. The van der Waals surface area contributed by atoms with E-state index >= 15 is 0 Å². The van der Waals surface area contributed by atoms with Gasteiger partial charge in [-0.05, 0) is 18.8 Å². The highest BCUT2D eigenvalue weighted by molar-refractivity contribution is 5.73. The predicted octanol–water partition coefficient (Wildman–Crippen LogP) is 3.03. The third-order valence-electron chi connectivity index (χ3n) is 2.56. The Balaban J connectivity index is 4.22. The van der Waals surface area contributed by atoms with Crippen molar-refractivity contribution < 1.29 is 14.3 Å². The number of carbonyl (C=O) groups is 1. The topological polar surface area (TPSA) is 35.5 Å². The Labute approximate surface area is 99.5 Å². The molecular formula is C13H26O3. The van der Waals surface area contributed by atoms with Crippen LogP contribution in [0, 0.1) is 11.3 Å². The Morgan fingerprint density at radius 3 is 2.31 bits per heavy atom. The van der Waals surface area contributed by atoms with Crippen molar-refractivity contribution in [2.24, 2.45) is 11.3 Å². The van der Waals surface area contributed by atoms with E-state index in [2.05, 4.69) is 6.92 Å². The summed E-state index contributed by atoms with van der Waals surface area (Å²) in [7, 11) is 0. The number of hydrogen-bond acceptors (Lipinski definition) is 3. The lowest BCUT2D eigenvalue weighted by molar-refractivity contribution is -0.155. The van der Waals surface area contributed by atoms with Crippen molar-refractivity contribution in [3.05, 3.63) is 0 Å². The molecule has 0 radical (unpaired) electrons. The van der Waals surface area contributed by atoms with Crippen LogP contribution in [0.3, 0.4) is 0 Å². The lowest BCUT2D eigenvalue weighted by Crippen LogP contribution is -2.34. The third kappa shape index (κ3) is 6.11. The molecule has 0 spiro atoms. The van der Waals surface area contributed by atoms with E-state index in [9.17, 15) is 4.79 Å². The molecule has 0 aliphatic rings. The number of esters is 1. The maximum Gasteiger partial charge on any atom is 0.311 e. The zero-order valence-electron chi connectivity index (χ0n) is 11.3. The molecular weight excluding hydrogens is 204 g/mol. The molecule has 0 saturated carbocycles. The summed E-state index contributed by atoms with van der Waals surface area (Å²) in [6.45, 7) is 11.7. The van der Waals surface area contributed by atoms with Crippen LogP contribution >= 0.6 is 0 Å². The molecule has 3 heteroatoms. The molecule has 0 aromatic rings. The lowest BCUT2D eigenvalue weighted by atomic mass is 9.81. The maximum absolute atomic E-state index is 11.9. The number of carbonyl (C=O) groups excluding carboxylic acids is 1. The largest absolute Gasteiger partial charge is 0.465 e. The van der Waals surface area contributed by atoms with E-state index in [4.69, 9.17) is 9.47 Å². The zero-order chi connectivity index (χ0) is 12.6. The monoisotopic (exact) mass is 230 g/mol. The second-order valence-electron chi connectivity index (χ2n) is 5.10. The van der Waals surface area contributed by atoms with Crippen LogP contribution in [0.2, 0.25) is 0 Å². The molecule has 96 valence electrons. The highest BCUT2D eigenvalue weighted by Gasteiger charge is 2.32. The second-order valence-corrected chi connectivity index (χ2v) is 5.10. The van der Waals surface area contributed by atoms with Gasteiger partial charge in [0.2, 0.25) is 0 Å². The van der Waals surface area contributed by atoms with Gasteiger partial charge in [-0.3, -0.25) is 4.79 Å². The molecule has 0 amide bonds. The Bertz CT molecular complexity index is 194. The van der Waals surface area contributed by atoms with Crippen LogP contribution < -0.4 is 0 Å². The molecule has 0 aromatic heterocycles. The summed E-state index contributed by atoms with van der Waals surface area (Å²) in [6.07, 6.45) is 1.97. The van der Waals surface area contributed by atoms with E-state index in [0.717, 1.165) is 12.8 Å². The molecule has 0 rings (SSSR count). The summed E-state index contributed by atoms with van der Waals surface area (Å²) < 4.78 is 10.6. The summed E-state index contributed by atoms with van der Waals surface area (Å²) in [5.41, 5.74) is -0.113. The number of ether oxygens (including phenoxy) is 2. The summed E-state index contributed by atoms with van der Waals surface area (Å²) in [6, 6.07) is 0. The van der Waals surface area contributed by atoms with Crippen molar-refractivity contribution in [1.82, 2.24) is 0 Å². The second kappa shape index (κ2) is 7.66. The van der Waals surface area contributed by atoms with Crippen molar-refractivity contribution >= 4 is 5.97 Å². The molecule has 0 bridgehead atoms. The van der Waals surface area contributed by atoms with Crippen LogP contribution in [0.1, 0.15) is 47.5 Å². The Kier molecular flexibility index (Phi) is 7.39. The molecule has 0 aliphatic heterocycles. The van der Waals surface area contributed by atoms with Crippen molar-refractivity contribution in [3.8, 4) is 0 Å². The van der Waals surface area contributed by atoms with Gasteiger partial charge in [-0.15, -0.1) is 0 Å². The van der Waals surface area contributed by atoms with Crippen molar-refractivity contribution in [2.45, 2.75) is 47.5 Å². The van der Waals surface area contributed by atoms with Gasteiger partial charge < -0.3 is 9.47 Å². The number of unbranched alkanes of at least 4 members (excludes halogenated alkanes) is 1. The van der Waals surface area contributed by atoms with E-state index in [1.165, 1.54) is 0 Å². The third-order valence-corrected chi connectivity index (χ3v) is 2.56. The minimum atomic E-state index is -0.177. The fourth-order valence-electron chi connectivity index (χ4n) is 1.32. The predicted molar refractivity (Wildman–Crippen MR) is 65.3 cm³/mol. The van der Waals surface area contributed by atoms with E-state index in [0.29, 0.717) is 19.8 Å². The van der Waals surface area contributed by atoms with E-state index < -0.39 is 0 Å². The Morgan fingerprint density at radius 1 is 1.25 bits per heavy atom. The molecule has 0 fully saturated rings. The van der Waals surface area contributed by atoms with Crippen LogP contribution in [-0.2, 0) is 14.3 Å². The number of rotatable bonds is 7. The van der Waals surface area contributed by atoms with Gasteiger partial charge in [0.05, 0.1) is 19.1 Å². The first-order valence-electron chi connectivity index (χ1n) is 6.17. The van der Waals surface area contributed by atoms with Crippen molar-refractivity contribution in [3.63, 3.8) is 0 Å². The summed E-state index contributed by atoms with van der Waals surface area (Å²) in [5.74, 6) is -0.307. The lowest BCUT2D eigenvalue weighted by Gasteiger charge is -2.28. The first-order chi connectivity index (χ1) is 7.43. The van der Waals surface area contributed by atoms with Gasteiger partial charge in [-0.2, -0.15) is 0 Å². The van der Waals surface area contributed by atoms with Crippen LogP contribution in [0.25, 0.3) is 0 Å². The van der Waals surface area contributed by atoms with E-state index in [1.54, 1.807) is 0 Å². The van der Waals surface area contributed by atoms with Crippen molar-refractivity contribution in [1.29, 1.82) is 0 Å². The molecule has 0 N–H and O–H groups in total. The van der Waals surface area contributed by atoms with Crippen LogP contribution in [0.15, 0.2) is 0 Å². The standard InChI is InChI=1S/C13H26O3/c1-6-8-9-16-12(14)11(10-15-7-2)13(3,4)5/h11H,6-10H2,1-5H3. The molecule has 0 aromatic carbocycles. The normalized spacial score (nSPS) is 13.6. The first kappa shape index (κ1) is 15.4. The smallest absolute Gasteiger partial charge is 0.311 e. The van der Waals surface area contributed by atoms with Gasteiger partial charge in [0.25, 0.3) is 0 Å². The van der Waals surface area contributed by atoms with Gasteiger partial charge in [0.1, 0.15) is 0 Å². The summed E-state index contributed by atoms with van der Waals surface area (Å²) >= 11 is 0. The van der Waals surface area contributed by atoms with Crippen molar-refractivity contribution in [2.75, 3.05) is 19.8 Å². The summed E-state index contributed by atoms with van der Waals surface area (Å²) in [5, 5.41) is 0. The fourth-order valence-corrected chi connectivity index (χ4v) is 1.32. The molecule has 1 unspecified atom stereocenters. The highest BCUT2D eigenvalue weighted by Crippen LogP contribution is 2.27. The SMILES string of the molecule is CCCCOC(=O)C(COCC)C(C)(C)C. The van der Waals surface area contributed by atoms with Gasteiger partial charge in [-0.25, -0.2) is 0 Å². The van der Waals surface area contributed by atoms with Gasteiger partial charge in [0, 0.05) is 6.61 Å². The molecule has 0 aliphatic carbocycles. The average Bonchev–Trinajstić information content (AvgIpc) is 2.16. The molecule has 0 saturated heterocycles. The minimum Gasteiger partial charge on any atom is -0.465 e. The molecule has 0 heterocycles. The van der Waals surface area contributed by atoms with Crippen LogP contribution in [0.4, 0.5) is 0 Å². The highest BCUT2D eigenvalue weighted by atomic mass is 16.5. The molecule has 16 heavy (non-hydrogen) atoms.